The predicted octanol–water partition coefficient (Wildman–Crippen LogP) is 3.21. The molecule has 1 aliphatic heterocycles. The normalized spacial score (nSPS) is 17.7. The molecule has 0 atom stereocenters. The van der Waals surface area contributed by atoms with E-state index in [0.29, 0.717) is 0 Å². The van der Waals surface area contributed by atoms with E-state index in [1.54, 1.807) is 7.11 Å². The third kappa shape index (κ3) is 3.62. The quantitative estimate of drug-likeness (QED) is 0.924. The zero-order valence-corrected chi connectivity index (χ0v) is 12.7. The predicted molar refractivity (Wildman–Crippen MR) is 79.4 cm³/mol. The van der Waals surface area contributed by atoms with Gasteiger partial charge in [-0.05, 0) is 73.0 Å². The molecule has 4 heteroatoms. The highest BCUT2D eigenvalue weighted by Crippen LogP contribution is 2.28. The Labute approximate surface area is 118 Å². The molecule has 0 aliphatic carbocycles. The lowest BCUT2D eigenvalue weighted by Gasteiger charge is -2.29. The van der Waals surface area contributed by atoms with Crippen LogP contribution in [-0.4, -0.2) is 38.7 Å². The monoisotopic (exact) mass is 312 g/mol. The summed E-state index contributed by atoms with van der Waals surface area (Å²) in [7, 11) is 3.88. The van der Waals surface area contributed by atoms with Crippen molar-refractivity contribution in [2.45, 2.75) is 12.8 Å². The first kappa shape index (κ1) is 13.7. The van der Waals surface area contributed by atoms with Crippen molar-refractivity contribution in [2.24, 2.45) is 5.92 Å². The van der Waals surface area contributed by atoms with Gasteiger partial charge in [0.25, 0.3) is 0 Å². The molecule has 1 heterocycles. The SMILES string of the molecule is COc1ccc(NCC2CCN(C)CC2)cc1Br. The van der Waals surface area contributed by atoms with Gasteiger partial charge >= 0.3 is 0 Å². The van der Waals surface area contributed by atoms with Crippen LogP contribution in [-0.2, 0) is 0 Å². The summed E-state index contributed by atoms with van der Waals surface area (Å²) in [6.45, 7) is 3.50. The number of likely N-dealkylation sites (tertiary alicyclic amines) is 1. The van der Waals surface area contributed by atoms with E-state index in [1.165, 1.54) is 25.9 Å². The number of anilines is 1. The molecule has 0 amide bonds. The third-order valence-corrected chi connectivity index (χ3v) is 4.20. The Morgan fingerprint density at radius 3 is 2.72 bits per heavy atom. The first-order chi connectivity index (χ1) is 8.69. The number of nitrogens with zero attached hydrogens (tertiary/aromatic N) is 1. The van der Waals surface area contributed by atoms with Gasteiger partial charge in [0.05, 0.1) is 11.6 Å². The average molecular weight is 313 g/mol. The number of nitrogens with one attached hydrogen (secondary N) is 1. The fourth-order valence-electron chi connectivity index (χ4n) is 2.30. The van der Waals surface area contributed by atoms with Crippen molar-refractivity contribution in [1.29, 1.82) is 0 Å². The van der Waals surface area contributed by atoms with E-state index in [9.17, 15) is 0 Å². The molecule has 1 aliphatic rings. The lowest BCUT2D eigenvalue weighted by molar-refractivity contribution is 0.226. The van der Waals surface area contributed by atoms with E-state index < -0.39 is 0 Å². The molecule has 0 saturated carbocycles. The Hall–Kier alpha value is -0.740. The lowest BCUT2D eigenvalue weighted by Crippen LogP contribution is -2.32. The van der Waals surface area contributed by atoms with Crippen molar-refractivity contribution < 1.29 is 4.74 Å². The number of halogens is 1. The van der Waals surface area contributed by atoms with Crippen molar-refractivity contribution in [3.05, 3.63) is 22.7 Å². The summed E-state index contributed by atoms with van der Waals surface area (Å²) in [5, 5.41) is 3.52. The molecule has 0 unspecified atom stereocenters. The molecule has 0 bridgehead atoms. The van der Waals surface area contributed by atoms with Gasteiger partial charge < -0.3 is 15.0 Å². The molecule has 1 saturated heterocycles. The molecule has 0 aromatic heterocycles. The van der Waals surface area contributed by atoms with Crippen LogP contribution in [0, 0.1) is 5.92 Å². The van der Waals surface area contributed by atoms with Crippen molar-refractivity contribution in [2.75, 3.05) is 39.1 Å². The molecule has 18 heavy (non-hydrogen) atoms. The van der Waals surface area contributed by atoms with E-state index in [-0.39, 0.29) is 0 Å². The van der Waals surface area contributed by atoms with Gasteiger partial charge in [-0.3, -0.25) is 0 Å². The van der Waals surface area contributed by atoms with E-state index >= 15 is 0 Å². The highest BCUT2D eigenvalue weighted by atomic mass is 79.9. The molecule has 3 nitrogen and oxygen atoms in total. The minimum absolute atomic E-state index is 0.794. The first-order valence-corrected chi connectivity index (χ1v) is 7.24. The van der Waals surface area contributed by atoms with Gasteiger partial charge in [0, 0.05) is 12.2 Å². The van der Waals surface area contributed by atoms with Crippen LogP contribution in [0.4, 0.5) is 5.69 Å². The average Bonchev–Trinajstić information content (AvgIpc) is 2.38. The van der Waals surface area contributed by atoms with Crippen LogP contribution >= 0.6 is 15.9 Å². The Morgan fingerprint density at radius 1 is 1.39 bits per heavy atom. The van der Waals surface area contributed by atoms with E-state index in [0.717, 1.165) is 28.4 Å². The molecule has 1 aromatic carbocycles. The Kier molecular flexibility index (Phi) is 4.89. The van der Waals surface area contributed by atoms with Gasteiger partial charge in [-0.25, -0.2) is 0 Å². The van der Waals surface area contributed by atoms with Crippen LogP contribution in [0.5, 0.6) is 5.75 Å². The second-order valence-corrected chi connectivity index (χ2v) is 5.83. The zero-order chi connectivity index (χ0) is 13.0. The van der Waals surface area contributed by atoms with Crippen molar-refractivity contribution in [3.8, 4) is 5.75 Å². The standard InChI is InChI=1S/C14H21BrN2O/c1-17-7-5-11(6-8-17)10-16-12-3-4-14(18-2)13(15)9-12/h3-4,9,11,16H,5-8,10H2,1-2H3. The summed E-state index contributed by atoms with van der Waals surface area (Å²) in [6, 6.07) is 6.13. The van der Waals surface area contributed by atoms with E-state index in [1.807, 2.05) is 6.07 Å². The van der Waals surface area contributed by atoms with Gasteiger partial charge in [0.1, 0.15) is 5.75 Å². The van der Waals surface area contributed by atoms with Gasteiger partial charge in [-0.1, -0.05) is 0 Å². The highest BCUT2D eigenvalue weighted by Gasteiger charge is 2.16. The minimum Gasteiger partial charge on any atom is -0.496 e. The number of piperidine rings is 1. The smallest absolute Gasteiger partial charge is 0.133 e. The number of ether oxygens (including phenoxy) is 1. The van der Waals surface area contributed by atoms with Crippen LogP contribution in [0.1, 0.15) is 12.8 Å². The number of hydrogen-bond acceptors (Lipinski definition) is 3. The first-order valence-electron chi connectivity index (χ1n) is 6.45. The van der Waals surface area contributed by atoms with Crippen LogP contribution in [0.25, 0.3) is 0 Å². The number of hydrogen-bond donors (Lipinski definition) is 1. The van der Waals surface area contributed by atoms with Gasteiger partial charge in [0.15, 0.2) is 0 Å². The second-order valence-electron chi connectivity index (χ2n) is 4.98. The van der Waals surface area contributed by atoms with Crippen molar-refractivity contribution in [3.63, 3.8) is 0 Å². The van der Waals surface area contributed by atoms with Crippen molar-refractivity contribution in [1.82, 2.24) is 4.90 Å². The minimum atomic E-state index is 0.794. The van der Waals surface area contributed by atoms with E-state index in [4.69, 9.17) is 4.74 Å². The summed E-state index contributed by atoms with van der Waals surface area (Å²) in [6.07, 6.45) is 2.58. The molecule has 1 N–H and O–H groups in total. The third-order valence-electron chi connectivity index (χ3n) is 3.58. The maximum atomic E-state index is 5.23. The molecule has 1 aromatic rings. The zero-order valence-electron chi connectivity index (χ0n) is 11.1. The van der Waals surface area contributed by atoms with Crippen molar-refractivity contribution >= 4 is 21.6 Å². The highest BCUT2D eigenvalue weighted by molar-refractivity contribution is 9.10. The van der Waals surface area contributed by atoms with Gasteiger partial charge in [0.2, 0.25) is 0 Å². The van der Waals surface area contributed by atoms with Gasteiger partial charge in [-0.2, -0.15) is 0 Å². The summed E-state index contributed by atoms with van der Waals surface area (Å²) in [5.41, 5.74) is 1.15. The molecule has 100 valence electrons. The Morgan fingerprint density at radius 2 is 2.11 bits per heavy atom. The molecule has 1 fully saturated rings. The maximum Gasteiger partial charge on any atom is 0.133 e. The molecular formula is C14H21BrN2O. The Balaban J connectivity index is 1.84. The topological polar surface area (TPSA) is 24.5 Å². The summed E-state index contributed by atoms with van der Waals surface area (Å²) < 4.78 is 6.22. The summed E-state index contributed by atoms with van der Waals surface area (Å²) in [5.74, 6) is 1.67. The second kappa shape index (κ2) is 6.43. The van der Waals surface area contributed by atoms with E-state index in [2.05, 4.69) is 45.3 Å². The molecular weight excluding hydrogens is 292 g/mol. The fraction of sp³-hybridized carbons (Fsp3) is 0.571. The summed E-state index contributed by atoms with van der Waals surface area (Å²) in [4.78, 5) is 2.40. The number of rotatable bonds is 4. The van der Waals surface area contributed by atoms with Crippen LogP contribution in [0.2, 0.25) is 0 Å². The largest absolute Gasteiger partial charge is 0.496 e. The molecule has 0 radical (unpaired) electrons. The number of methoxy groups -OCH3 is 1. The van der Waals surface area contributed by atoms with Crippen LogP contribution in [0.3, 0.4) is 0 Å². The van der Waals surface area contributed by atoms with Crippen LogP contribution < -0.4 is 10.1 Å². The lowest BCUT2D eigenvalue weighted by atomic mass is 9.97. The Bertz CT molecular complexity index is 389. The van der Waals surface area contributed by atoms with Crippen LogP contribution in [0.15, 0.2) is 22.7 Å². The fourth-order valence-corrected chi connectivity index (χ4v) is 2.85. The van der Waals surface area contributed by atoms with Gasteiger partial charge in [-0.15, -0.1) is 0 Å². The molecule has 0 spiro atoms. The summed E-state index contributed by atoms with van der Waals surface area (Å²) >= 11 is 3.51. The maximum absolute atomic E-state index is 5.23. The number of benzene rings is 1. The molecule has 2 rings (SSSR count).